The lowest BCUT2D eigenvalue weighted by atomic mass is 10.2. The molecule has 2 heterocycles. The van der Waals surface area contributed by atoms with Crippen LogP contribution in [0.1, 0.15) is 11.1 Å². The van der Waals surface area contributed by atoms with Gasteiger partial charge in [-0.2, -0.15) is 5.10 Å². The van der Waals surface area contributed by atoms with Crippen molar-refractivity contribution in [2.24, 2.45) is 12.0 Å². The van der Waals surface area contributed by atoms with Gasteiger partial charge in [0.2, 0.25) is 5.91 Å². The van der Waals surface area contributed by atoms with Crippen molar-refractivity contribution in [3.8, 4) is 5.75 Å². The van der Waals surface area contributed by atoms with Crippen molar-refractivity contribution in [2.45, 2.75) is 13.2 Å². The molecule has 0 bridgehead atoms. The van der Waals surface area contributed by atoms with Gasteiger partial charge in [0.15, 0.2) is 5.96 Å². The lowest BCUT2D eigenvalue weighted by Gasteiger charge is -2.35. The number of nitrogens with zero attached hydrogens (tertiary/aromatic N) is 5. The maximum Gasteiger partial charge on any atom is 0.246 e. The van der Waals surface area contributed by atoms with Crippen molar-refractivity contribution in [1.29, 1.82) is 0 Å². The molecule has 9 heteroatoms. The van der Waals surface area contributed by atoms with Crippen LogP contribution in [-0.4, -0.2) is 53.2 Å². The normalized spacial score (nSPS) is 14.1. The van der Waals surface area contributed by atoms with E-state index in [0.717, 1.165) is 22.6 Å². The summed E-state index contributed by atoms with van der Waals surface area (Å²) in [7, 11) is 3.58. The van der Waals surface area contributed by atoms with E-state index in [0.29, 0.717) is 32.2 Å². The van der Waals surface area contributed by atoms with Crippen LogP contribution in [0.2, 0.25) is 0 Å². The summed E-state index contributed by atoms with van der Waals surface area (Å²) in [5, 5.41) is 7.53. The number of anilines is 1. The highest BCUT2D eigenvalue weighted by molar-refractivity contribution is 14.0. The SMILES string of the molecule is CN=C(NCc1cccc(OCc2ccccc2)c1)N1CCN(c2cnn(C)c2)C(=O)C1.I. The molecule has 1 N–H and O–H groups in total. The van der Waals surface area contributed by atoms with Gasteiger partial charge in [0.25, 0.3) is 0 Å². The van der Waals surface area contributed by atoms with Crippen molar-refractivity contribution >= 4 is 41.5 Å². The number of amides is 1. The second kappa shape index (κ2) is 11.7. The zero-order valence-electron chi connectivity index (χ0n) is 18.8. The molecule has 0 unspecified atom stereocenters. The third-order valence-corrected chi connectivity index (χ3v) is 5.33. The Kier molecular flexibility index (Phi) is 8.70. The average Bonchev–Trinajstić information content (AvgIpc) is 3.25. The lowest BCUT2D eigenvalue weighted by Crippen LogP contribution is -2.55. The summed E-state index contributed by atoms with van der Waals surface area (Å²) in [4.78, 5) is 20.8. The number of aromatic nitrogens is 2. The summed E-state index contributed by atoms with van der Waals surface area (Å²) in [6, 6.07) is 18.1. The van der Waals surface area contributed by atoms with Gasteiger partial charge < -0.3 is 19.9 Å². The minimum Gasteiger partial charge on any atom is -0.489 e. The fourth-order valence-corrected chi connectivity index (χ4v) is 3.67. The maximum absolute atomic E-state index is 12.7. The van der Waals surface area contributed by atoms with Crippen molar-refractivity contribution in [1.82, 2.24) is 20.0 Å². The number of hydrogen-bond acceptors (Lipinski definition) is 4. The van der Waals surface area contributed by atoms with Crippen molar-refractivity contribution < 1.29 is 9.53 Å². The number of rotatable bonds is 6. The van der Waals surface area contributed by atoms with E-state index >= 15 is 0 Å². The first-order valence-corrected chi connectivity index (χ1v) is 10.6. The quantitative estimate of drug-likeness (QED) is 0.285. The van der Waals surface area contributed by atoms with Crippen LogP contribution in [0.5, 0.6) is 5.75 Å². The summed E-state index contributed by atoms with van der Waals surface area (Å²) in [6.07, 6.45) is 3.57. The maximum atomic E-state index is 12.7. The average molecular weight is 560 g/mol. The molecule has 2 aromatic carbocycles. The molecule has 174 valence electrons. The number of halogens is 1. The van der Waals surface area contributed by atoms with Crippen LogP contribution in [0.3, 0.4) is 0 Å². The van der Waals surface area contributed by atoms with Gasteiger partial charge in [-0.1, -0.05) is 42.5 Å². The van der Waals surface area contributed by atoms with Crippen LogP contribution < -0.4 is 15.0 Å². The predicted octanol–water partition coefficient (Wildman–Crippen LogP) is 3.04. The number of aryl methyl sites for hydroxylation is 1. The zero-order valence-corrected chi connectivity index (χ0v) is 21.2. The summed E-state index contributed by atoms with van der Waals surface area (Å²) in [6.45, 7) is 2.68. The van der Waals surface area contributed by atoms with Crippen LogP contribution in [0, 0.1) is 0 Å². The molecule has 1 aliphatic heterocycles. The Bertz CT molecular complexity index is 1090. The molecule has 0 radical (unpaired) electrons. The van der Waals surface area contributed by atoms with Gasteiger partial charge in [-0.15, -0.1) is 24.0 Å². The number of benzene rings is 2. The monoisotopic (exact) mass is 560 g/mol. The fraction of sp³-hybridized carbons (Fsp3) is 0.292. The van der Waals surface area contributed by atoms with E-state index in [2.05, 4.69) is 15.4 Å². The van der Waals surface area contributed by atoms with Crippen molar-refractivity contribution in [3.63, 3.8) is 0 Å². The highest BCUT2D eigenvalue weighted by atomic mass is 127. The predicted molar refractivity (Wildman–Crippen MR) is 140 cm³/mol. The van der Waals surface area contributed by atoms with Crippen LogP contribution in [0.25, 0.3) is 0 Å². The molecule has 33 heavy (non-hydrogen) atoms. The van der Waals surface area contributed by atoms with E-state index in [9.17, 15) is 4.79 Å². The molecule has 0 saturated carbocycles. The molecule has 0 aliphatic carbocycles. The smallest absolute Gasteiger partial charge is 0.246 e. The fourth-order valence-electron chi connectivity index (χ4n) is 3.67. The molecule has 1 saturated heterocycles. The second-order valence-electron chi connectivity index (χ2n) is 7.66. The first-order chi connectivity index (χ1) is 15.6. The van der Waals surface area contributed by atoms with Gasteiger partial charge in [0, 0.05) is 39.9 Å². The van der Waals surface area contributed by atoms with E-state index in [-0.39, 0.29) is 36.4 Å². The highest BCUT2D eigenvalue weighted by Gasteiger charge is 2.27. The Balaban J connectivity index is 0.00000306. The Hall–Kier alpha value is -3.08. The molecule has 0 atom stereocenters. The molecular formula is C24H29IN6O2. The van der Waals surface area contributed by atoms with Gasteiger partial charge in [0.05, 0.1) is 11.9 Å². The molecule has 3 aromatic rings. The largest absolute Gasteiger partial charge is 0.489 e. The highest BCUT2D eigenvalue weighted by Crippen LogP contribution is 2.17. The van der Waals surface area contributed by atoms with Crippen LogP contribution >= 0.6 is 24.0 Å². The third kappa shape index (κ3) is 6.47. The number of piperazine rings is 1. The first-order valence-electron chi connectivity index (χ1n) is 10.6. The number of carbonyl (C=O) groups excluding carboxylic acids is 1. The van der Waals surface area contributed by atoms with E-state index in [1.807, 2.05) is 72.7 Å². The van der Waals surface area contributed by atoms with E-state index in [4.69, 9.17) is 4.74 Å². The van der Waals surface area contributed by atoms with Crippen LogP contribution in [0.15, 0.2) is 72.0 Å². The summed E-state index contributed by atoms with van der Waals surface area (Å²) >= 11 is 0. The first kappa shape index (κ1) is 24.6. The second-order valence-corrected chi connectivity index (χ2v) is 7.66. The topological polar surface area (TPSA) is 75.0 Å². The van der Waals surface area contributed by atoms with Gasteiger partial charge in [0.1, 0.15) is 18.9 Å². The van der Waals surface area contributed by atoms with Crippen molar-refractivity contribution in [3.05, 3.63) is 78.1 Å². The molecule has 4 rings (SSSR count). The minimum atomic E-state index is 0. The van der Waals surface area contributed by atoms with Crippen LogP contribution in [0.4, 0.5) is 5.69 Å². The number of ether oxygens (including phenoxy) is 1. The van der Waals surface area contributed by atoms with Gasteiger partial charge in [-0.25, -0.2) is 0 Å². The van der Waals surface area contributed by atoms with Crippen LogP contribution in [-0.2, 0) is 25.0 Å². The number of carbonyl (C=O) groups is 1. The molecule has 8 nitrogen and oxygen atoms in total. The molecule has 1 amide bonds. The van der Waals surface area contributed by atoms with Crippen molar-refractivity contribution in [2.75, 3.05) is 31.6 Å². The number of guanidine groups is 1. The van der Waals surface area contributed by atoms with E-state index in [1.165, 1.54) is 0 Å². The van der Waals surface area contributed by atoms with E-state index < -0.39 is 0 Å². The summed E-state index contributed by atoms with van der Waals surface area (Å²) < 4.78 is 7.63. The molecule has 0 spiro atoms. The summed E-state index contributed by atoms with van der Waals surface area (Å²) in [5.74, 6) is 1.56. The Morgan fingerprint density at radius 3 is 2.61 bits per heavy atom. The standard InChI is InChI=1S/C24H28N6O2.HI/c1-25-24(29-11-12-30(23(31)17-29)21-15-27-28(2)16-21)26-14-20-9-6-10-22(13-20)32-18-19-7-4-3-5-8-19;/h3-10,13,15-16H,11-12,14,17-18H2,1-2H3,(H,25,26);1H. The Morgan fingerprint density at radius 1 is 1.12 bits per heavy atom. The van der Waals surface area contributed by atoms with Gasteiger partial charge >= 0.3 is 0 Å². The molecule has 1 aromatic heterocycles. The Morgan fingerprint density at radius 2 is 1.91 bits per heavy atom. The van der Waals surface area contributed by atoms with E-state index in [1.54, 1.807) is 22.8 Å². The summed E-state index contributed by atoms with van der Waals surface area (Å²) in [5.41, 5.74) is 3.04. The zero-order chi connectivity index (χ0) is 22.3. The van der Waals surface area contributed by atoms with Gasteiger partial charge in [-0.05, 0) is 23.3 Å². The Labute approximate surface area is 211 Å². The molecule has 1 aliphatic rings. The number of nitrogens with one attached hydrogen (secondary N) is 1. The number of aliphatic imine (C=N–C) groups is 1. The molecular weight excluding hydrogens is 531 g/mol. The van der Waals surface area contributed by atoms with Gasteiger partial charge in [-0.3, -0.25) is 14.5 Å². The lowest BCUT2D eigenvalue weighted by molar-refractivity contribution is -0.120. The number of hydrogen-bond donors (Lipinski definition) is 1. The molecule has 1 fully saturated rings. The minimum absolute atomic E-state index is 0. The third-order valence-electron chi connectivity index (χ3n) is 5.33.